The van der Waals surface area contributed by atoms with Crippen molar-refractivity contribution >= 4 is 12.2 Å². The molecule has 0 saturated heterocycles. The topological polar surface area (TPSA) is 46.2 Å². The largest absolute Gasteiger partial charge is 0.342 e. The zero-order valence-electron chi connectivity index (χ0n) is 10.4. The Labute approximate surface area is 112 Å². The summed E-state index contributed by atoms with van der Waals surface area (Å²) in [5, 5.41) is 2.69. The molecule has 0 heterocycles. The van der Waals surface area contributed by atoms with Crippen molar-refractivity contribution in [3.8, 4) is 0 Å². The predicted molar refractivity (Wildman–Crippen MR) is 72.7 cm³/mol. The lowest BCUT2D eigenvalue weighted by Crippen LogP contribution is -2.37. The van der Waals surface area contributed by atoms with Gasteiger partial charge in [-0.05, 0) is 24.1 Å². The monoisotopic (exact) mass is 252 g/mol. The van der Waals surface area contributed by atoms with Gasteiger partial charge >= 0.3 is 0 Å². The van der Waals surface area contributed by atoms with E-state index >= 15 is 0 Å². The maximum absolute atomic E-state index is 11.9. The van der Waals surface area contributed by atoms with Crippen molar-refractivity contribution in [2.45, 2.75) is 12.5 Å². The molecule has 3 heteroatoms. The van der Waals surface area contributed by atoms with Gasteiger partial charge in [0.1, 0.15) is 6.29 Å². The van der Waals surface area contributed by atoms with Crippen LogP contribution in [0.5, 0.6) is 0 Å². The zero-order valence-corrected chi connectivity index (χ0v) is 10.4. The van der Waals surface area contributed by atoms with Crippen LogP contribution in [-0.2, 0) is 11.2 Å². The summed E-state index contributed by atoms with van der Waals surface area (Å²) >= 11 is 0. The van der Waals surface area contributed by atoms with Gasteiger partial charge in [-0.2, -0.15) is 0 Å². The molecule has 1 amide bonds. The maximum Gasteiger partial charge on any atom is 0.252 e. The minimum Gasteiger partial charge on any atom is -0.342 e. The molecule has 2 aromatic rings. The van der Waals surface area contributed by atoms with E-state index in [1.807, 2.05) is 30.3 Å². The molecule has 0 bridgehead atoms. The minimum absolute atomic E-state index is 0.284. The van der Waals surface area contributed by atoms with E-state index in [2.05, 4.69) is 11.4 Å². The number of hydrogen-bond acceptors (Lipinski definition) is 2. The Morgan fingerprint density at radius 3 is 2.53 bits per heavy atom. The highest BCUT2D eigenvalue weighted by molar-refractivity contribution is 5.95. The van der Waals surface area contributed by atoms with Gasteiger partial charge in [0.15, 0.2) is 0 Å². The number of carbonyl (C=O) groups excluding carboxylic acids is 2. The molecule has 0 fully saturated rings. The van der Waals surface area contributed by atoms with Gasteiger partial charge in [0.05, 0.1) is 6.04 Å². The normalized spacial score (nSPS) is 11.6. The van der Waals surface area contributed by atoms with Gasteiger partial charge in [-0.1, -0.05) is 48.5 Å². The second-order valence-corrected chi connectivity index (χ2v) is 4.18. The first-order chi connectivity index (χ1) is 9.29. The highest BCUT2D eigenvalue weighted by atomic mass is 16.2. The van der Waals surface area contributed by atoms with Crippen molar-refractivity contribution in [3.05, 3.63) is 71.8 Å². The van der Waals surface area contributed by atoms with Crippen LogP contribution in [0.4, 0.5) is 0 Å². The molecule has 95 valence electrons. The average molecular weight is 252 g/mol. The fourth-order valence-corrected chi connectivity index (χ4v) is 1.78. The second kappa shape index (κ2) is 6.50. The molecule has 0 aromatic heterocycles. The summed E-state index contributed by atoms with van der Waals surface area (Å²) in [6.07, 6.45) is 1.25. The van der Waals surface area contributed by atoms with Crippen LogP contribution in [0, 0.1) is 6.07 Å². The Balaban J connectivity index is 2.00. The van der Waals surface area contributed by atoms with Gasteiger partial charge in [0.25, 0.3) is 5.91 Å². The number of amides is 1. The molecule has 1 radical (unpaired) electrons. The zero-order chi connectivity index (χ0) is 13.5. The van der Waals surface area contributed by atoms with Gasteiger partial charge in [-0.3, -0.25) is 4.79 Å². The van der Waals surface area contributed by atoms with E-state index in [1.165, 1.54) is 0 Å². The van der Waals surface area contributed by atoms with E-state index in [1.54, 1.807) is 24.3 Å². The molecule has 0 aliphatic heterocycles. The summed E-state index contributed by atoms with van der Waals surface area (Å²) in [5.41, 5.74) is 1.44. The highest BCUT2D eigenvalue weighted by Crippen LogP contribution is 2.03. The quantitative estimate of drug-likeness (QED) is 0.828. The van der Waals surface area contributed by atoms with Crippen molar-refractivity contribution in [2.75, 3.05) is 0 Å². The summed E-state index contributed by atoms with van der Waals surface area (Å²) in [6.45, 7) is 0. The summed E-state index contributed by atoms with van der Waals surface area (Å²) in [6, 6.07) is 18.8. The first-order valence-electron chi connectivity index (χ1n) is 6.06. The van der Waals surface area contributed by atoms with Crippen LogP contribution in [0.25, 0.3) is 0 Å². The number of hydrogen-bond donors (Lipinski definition) is 1. The molecule has 0 spiro atoms. The third-order valence-electron chi connectivity index (χ3n) is 2.73. The fraction of sp³-hybridized carbons (Fsp3) is 0.125. The average Bonchev–Trinajstić information content (AvgIpc) is 2.48. The summed E-state index contributed by atoms with van der Waals surface area (Å²) in [4.78, 5) is 23.0. The Morgan fingerprint density at radius 1 is 1.16 bits per heavy atom. The highest BCUT2D eigenvalue weighted by Gasteiger charge is 2.13. The summed E-state index contributed by atoms with van der Waals surface area (Å²) in [7, 11) is 0. The SMILES string of the molecule is O=C[C@H](Cc1ccccc1)NC(=O)c1[c]cccc1. The molecule has 2 aromatic carbocycles. The van der Waals surface area contributed by atoms with Crippen LogP contribution in [0.15, 0.2) is 54.6 Å². The first-order valence-corrected chi connectivity index (χ1v) is 6.06. The van der Waals surface area contributed by atoms with Crippen LogP contribution >= 0.6 is 0 Å². The molecule has 0 saturated carbocycles. The first kappa shape index (κ1) is 13.0. The smallest absolute Gasteiger partial charge is 0.252 e. The minimum atomic E-state index is -0.525. The van der Waals surface area contributed by atoms with Crippen molar-refractivity contribution in [1.29, 1.82) is 0 Å². The lowest BCUT2D eigenvalue weighted by Gasteiger charge is -2.12. The molecule has 0 unspecified atom stereocenters. The third kappa shape index (κ3) is 3.78. The van der Waals surface area contributed by atoms with E-state index in [-0.39, 0.29) is 5.91 Å². The molecule has 19 heavy (non-hydrogen) atoms. The van der Waals surface area contributed by atoms with Crippen LogP contribution in [0.3, 0.4) is 0 Å². The van der Waals surface area contributed by atoms with Crippen molar-refractivity contribution in [1.82, 2.24) is 5.32 Å². The maximum atomic E-state index is 11.9. The van der Waals surface area contributed by atoms with Gasteiger partial charge < -0.3 is 10.1 Å². The van der Waals surface area contributed by atoms with Crippen LogP contribution in [0.2, 0.25) is 0 Å². The summed E-state index contributed by atoms with van der Waals surface area (Å²) < 4.78 is 0. The predicted octanol–water partition coefficient (Wildman–Crippen LogP) is 2.03. The molecular weight excluding hydrogens is 238 g/mol. The lowest BCUT2D eigenvalue weighted by atomic mass is 10.1. The number of rotatable bonds is 5. The van der Waals surface area contributed by atoms with Gasteiger partial charge in [0.2, 0.25) is 0 Å². The molecule has 1 N–H and O–H groups in total. The van der Waals surface area contributed by atoms with Gasteiger partial charge in [-0.25, -0.2) is 0 Å². The van der Waals surface area contributed by atoms with Gasteiger partial charge in [-0.15, -0.1) is 0 Å². The van der Waals surface area contributed by atoms with Crippen LogP contribution in [-0.4, -0.2) is 18.2 Å². The van der Waals surface area contributed by atoms with Crippen molar-refractivity contribution in [2.24, 2.45) is 0 Å². The summed E-state index contributed by atoms with van der Waals surface area (Å²) in [5.74, 6) is -0.284. The molecule has 3 nitrogen and oxygen atoms in total. The number of benzene rings is 2. The Morgan fingerprint density at radius 2 is 1.89 bits per heavy atom. The number of carbonyl (C=O) groups is 2. The third-order valence-corrected chi connectivity index (χ3v) is 2.73. The molecule has 1 atom stereocenters. The standard InChI is InChI=1S/C16H14NO2/c18-12-15(11-13-7-3-1-4-8-13)17-16(19)14-9-5-2-6-10-14/h1-9,12,15H,11H2,(H,17,19)/t15-/m0/s1. The van der Waals surface area contributed by atoms with Crippen LogP contribution in [0.1, 0.15) is 15.9 Å². The Hall–Kier alpha value is -2.42. The fourth-order valence-electron chi connectivity index (χ4n) is 1.78. The van der Waals surface area contributed by atoms with Gasteiger partial charge in [0, 0.05) is 5.56 Å². The molecule has 0 aliphatic rings. The molecular formula is C16H14NO2. The van der Waals surface area contributed by atoms with E-state index < -0.39 is 6.04 Å². The van der Waals surface area contributed by atoms with E-state index in [4.69, 9.17) is 0 Å². The lowest BCUT2D eigenvalue weighted by molar-refractivity contribution is -0.109. The van der Waals surface area contributed by atoms with E-state index in [0.29, 0.717) is 12.0 Å². The second-order valence-electron chi connectivity index (χ2n) is 4.18. The Bertz CT molecular complexity index is 537. The Kier molecular flexibility index (Phi) is 4.45. The van der Waals surface area contributed by atoms with Crippen LogP contribution < -0.4 is 5.32 Å². The molecule has 0 aliphatic carbocycles. The van der Waals surface area contributed by atoms with E-state index in [9.17, 15) is 9.59 Å². The van der Waals surface area contributed by atoms with E-state index in [0.717, 1.165) is 11.8 Å². The molecule has 2 rings (SSSR count). The number of nitrogens with one attached hydrogen (secondary N) is 1. The van der Waals surface area contributed by atoms with Crippen molar-refractivity contribution < 1.29 is 9.59 Å². The van der Waals surface area contributed by atoms with Crippen molar-refractivity contribution in [3.63, 3.8) is 0 Å². The number of aldehydes is 1.